The lowest BCUT2D eigenvalue weighted by atomic mass is 9.87. The predicted octanol–water partition coefficient (Wildman–Crippen LogP) is 5.41. The first-order valence-electron chi connectivity index (χ1n) is 11.0. The number of amides is 2. The summed E-state index contributed by atoms with van der Waals surface area (Å²) in [5, 5.41) is 5.50. The molecule has 0 spiro atoms. The van der Waals surface area contributed by atoms with Gasteiger partial charge in [-0.3, -0.25) is 9.59 Å². The van der Waals surface area contributed by atoms with Crippen LogP contribution in [0.15, 0.2) is 60.7 Å². The van der Waals surface area contributed by atoms with Crippen molar-refractivity contribution in [1.29, 1.82) is 0 Å². The number of nitrogens with one attached hydrogen (secondary N) is 2. The molecule has 2 N–H and O–H groups in total. The number of carbonyl (C=O) groups excluding carboxylic acids is 2. The van der Waals surface area contributed by atoms with Crippen LogP contribution in [0, 0.1) is 5.82 Å². The van der Waals surface area contributed by atoms with Crippen LogP contribution in [-0.2, 0) is 10.2 Å². The summed E-state index contributed by atoms with van der Waals surface area (Å²) in [7, 11) is 2.99. The average molecular weight is 481 g/mol. The van der Waals surface area contributed by atoms with Crippen LogP contribution >= 0.6 is 0 Å². The zero-order chi connectivity index (χ0) is 25.6. The molecule has 8 heteroatoms. The van der Waals surface area contributed by atoms with Crippen molar-refractivity contribution in [2.75, 3.05) is 31.5 Å². The van der Waals surface area contributed by atoms with E-state index >= 15 is 0 Å². The van der Waals surface area contributed by atoms with Gasteiger partial charge in [0.2, 0.25) is 0 Å². The second-order valence-electron chi connectivity index (χ2n) is 8.83. The fourth-order valence-electron chi connectivity index (χ4n) is 3.27. The molecule has 0 aromatic heterocycles. The lowest BCUT2D eigenvalue weighted by molar-refractivity contribution is -0.118. The van der Waals surface area contributed by atoms with Crippen LogP contribution in [0.3, 0.4) is 0 Å². The third-order valence-electron chi connectivity index (χ3n) is 5.23. The molecule has 0 saturated carbocycles. The summed E-state index contributed by atoms with van der Waals surface area (Å²) in [6.45, 7) is 5.97. The van der Waals surface area contributed by atoms with E-state index in [1.807, 2.05) is 18.2 Å². The fraction of sp³-hybridized carbons (Fsp3) is 0.259. The van der Waals surface area contributed by atoms with Crippen molar-refractivity contribution in [1.82, 2.24) is 0 Å². The van der Waals surface area contributed by atoms with Crippen molar-refractivity contribution in [2.24, 2.45) is 0 Å². The van der Waals surface area contributed by atoms with E-state index in [2.05, 4.69) is 31.4 Å². The van der Waals surface area contributed by atoms with Crippen molar-refractivity contribution in [3.8, 4) is 17.2 Å². The first kappa shape index (κ1) is 25.6. The molecule has 0 heterocycles. The number of hydrogen-bond acceptors (Lipinski definition) is 5. The largest absolute Gasteiger partial charge is 0.495 e. The van der Waals surface area contributed by atoms with Gasteiger partial charge in [0.05, 0.1) is 19.9 Å². The molecule has 0 unspecified atom stereocenters. The van der Waals surface area contributed by atoms with Crippen LogP contribution in [0.1, 0.15) is 36.7 Å². The molecule has 0 fully saturated rings. The Balaban J connectivity index is 1.70. The first-order chi connectivity index (χ1) is 16.6. The smallest absolute Gasteiger partial charge is 0.262 e. The molecule has 0 bridgehead atoms. The molecule has 3 aromatic rings. The summed E-state index contributed by atoms with van der Waals surface area (Å²) in [6, 6.07) is 15.7. The Morgan fingerprint density at radius 3 is 2.11 bits per heavy atom. The molecule has 2 amide bonds. The third kappa shape index (κ3) is 6.72. The number of methoxy groups -OCH3 is 2. The Labute approximate surface area is 204 Å². The molecule has 0 aliphatic carbocycles. The molecule has 0 saturated heterocycles. The zero-order valence-electron chi connectivity index (χ0n) is 20.4. The van der Waals surface area contributed by atoms with Crippen LogP contribution in [0.2, 0.25) is 0 Å². The highest BCUT2D eigenvalue weighted by Crippen LogP contribution is 2.33. The highest BCUT2D eigenvalue weighted by Gasteiger charge is 2.18. The van der Waals surface area contributed by atoms with Gasteiger partial charge in [-0.1, -0.05) is 26.8 Å². The van der Waals surface area contributed by atoms with E-state index < -0.39 is 11.7 Å². The van der Waals surface area contributed by atoms with Crippen molar-refractivity contribution < 1.29 is 28.2 Å². The van der Waals surface area contributed by atoms with Crippen LogP contribution in [-0.4, -0.2) is 32.6 Å². The minimum atomic E-state index is -0.425. The molecule has 0 radical (unpaired) electrons. The summed E-state index contributed by atoms with van der Waals surface area (Å²) >= 11 is 0. The highest BCUT2D eigenvalue weighted by atomic mass is 19.1. The SMILES string of the molecule is COc1ccc(C(C)(C)C)cc1NC(=O)c1ccc(OCC(=O)Nc2ccc(F)cc2)c(OC)c1. The maximum Gasteiger partial charge on any atom is 0.262 e. The van der Waals surface area contributed by atoms with Gasteiger partial charge in [0, 0.05) is 11.3 Å². The standard InChI is InChI=1S/C27H29FN2O5/c1-27(2,3)18-7-13-22(33-4)21(15-18)30-26(32)17-6-12-23(24(14-17)34-5)35-16-25(31)29-20-10-8-19(28)9-11-20/h6-15H,16H2,1-5H3,(H,29,31)(H,30,32). The van der Waals surface area contributed by atoms with Gasteiger partial charge in [-0.15, -0.1) is 0 Å². The van der Waals surface area contributed by atoms with E-state index in [0.29, 0.717) is 34.2 Å². The Hall–Kier alpha value is -4.07. The molecule has 3 rings (SSSR count). The first-order valence-corrected chi connectivity index (χ1v) is 11.0. The lowest BCUT2D eigenvalue weighted by Crippen LogP contribution is -2.20. The van der Waals surface area contributed by atoms with E-state index in [0.717, 1.165) is 5.56 Å². The zero-order valence-corrected chi connectivity index (χ0v) is 20.4. The normalized spacial score (nSPS) is 10.9. The quantitative estimate of drug-likeness (QED) is 0.450. The van der Waals surface area contributed by atoms with E-state index in [1.54, 1.807) is 19.2 Å². The third-order valence-corrected chi connectivity index (χ3v) is 5.23. The Morgan fingerprint density at radius 1 is 0.829 bits per heavy atom. The van der Waals surface area contributed by atoms with Gasteiger partial charge in [0.25, 0.3) is 11.8 Å². The van der Waals surface area contributed by atoms with Crippen LogP contribution < -0.4 is 24.8 Å². The highest BCUT2D eigenvalue weighted by molar-refractivity contribution is 6.05. The van der Waals surface area contributed by atoms with Gasteiger partial charge < -0.3 is 24.8 Å². The molecular weight excluding hydrogens is 451 g/mol. The number of hydrogen-bond donors (Lipinski definition) is 2. The van der Waals surface area contributed by atoms with E-state index in [4.69, 9.17) is 14.2 Å². The molecule has 35 heavy (non-hydrogen) atoms. The molecule has 3 aromatic carbocycles. The minimum absolute atomic E-state index is 0.100. The van der Waals surface area contributed by atoms with Gasteiger partial charge in [0.1, 0.15) is 11.6 Å². The van der Waals surface area contributed by atoms with Gasteiger partial charge in [-0.2, -0.15) is 0 Å². The lowest BCUT2D eigenvalue weighted by Gasteiger charge is -2.21. The van der Waals surface area contributed by atoms with Crippen molar-refractivity contribution >= 4 is 23.2 Å². The summed E-state index contributed by atoms with van der Waals surface area (Å²) in [5.74, 6) is -0.0354. The Bertz CT molecular complexity index is 1200. The molecule has 0 atom stereocenters. The fourth-order valence-corrected chi connectivity index (χ4v) is 3.27. The topological polar surface area (TPSA) is 85.9 Å². The second kappa shape index (κ2) is 10.9. The van der Waals surface area contributed by atoms with Gasteiger partial charge in [-0.05, 0) is 65.6 Å². The van der Waals surface area contributed by atoms with E-state index in [1.165, 1.54) is 37.4 Å². The van der Waals surface area contributed by atoms with Crippen molar-refractivity contribution in [2.45, 2.75) is 26.2 Å². The van der Waals surface area contributed by atoms with Gasteiger partial charge in [-0.25, -0.2) is 4.39 Å². The Kier molecular flexibility index (Phi) is 7.96. The number of rotatable bonds is 8. The second-order valence-corrected chi connectivity index (χ2v) is 8.83. The molecule has 0 aliphatic rings. The summed E-state index contributed by atoms with van der Waals surface area (Å²) < 4.78 is 29.3. The molecule has 7 nitrogen and oxygen atoms in total. The van der Waals surface area contributed by atoms with Crippen LogP contribution in [0.25, 0.3) is 0 Å². The molecular formula is C27H29FN2O5. The molecule has 184 valence electrons. The number of carbonyl (C=O) groups is 2. The van der Waals surface area contributed by atoms with Gasteiger partial charge >= 0.3 is 0 Å². The minimum Gasteiger partial charge on any atom is -0.495 e. The maximum atomic E-state index is 13.0. The Morgan fingerprint density at radius 2 is 1.49 bits per heavy atom. The number of benzene rings is 3. The van der Waals surface area contributed by atoms with Crippen LogP contribution in [0.4, 0.5) is 15.8 Å². The van der Waals surface area contributed by atoms with Crippen molar-refractivity contribution in [3.63, 3.8) is 0 Å². The predicted molar refractivity (Wildman–Crippen MR) is 133 cm³/mol. The molecule has 0 aliphatic heterocycles. The van der Waals surface area contributed by atoms with Crippen molar-refractivity contribution in [3.05, 3.63) is 77.6 Å². The van der Waals surface area contributed by atoms with E-state index in [-0.39, 0.29) is 17.9 Å². The monoisotopic (exact) mass is 480 g/mol. The average Bonchev–Trinajstić information content (AvgIpc) is 2.83. The summed E-state index contributed by atoms with van der Waals surface area (Å²) in [5.41, 5.74) is 2.30. The number of anilines is 2. The van der Waals surface area contributed by atoms with Crippen LogP contribution in [0.5, 0.6) is 17.2 Å². The van der Waals surface area contributed by atoms with Gasteiger partial charge in [0.15, 0.2) is 18.1 Å². The summed E-state index contributed by atoms with van der Waals surface area (Å²) in [4.78, 5) is 25.1. The number of halogens is 1. The number of ether oxygens (including phenoxy) is 3. The van der Waals surface area contributed by atoms with E-state index in [9.17, 15) is 14.0 Å². The maximum absolute atomic E-state index is 13.0. The summed E-state index contributed by atoms with van der Waals surface area (Å²) in [6.07, 6.45) is 0.